The maximum atomic E-state index is 11.6. The van der Waals surface area contributed by atoms with E-state index in [1.807, 2.05) is 6.92 Å². The summed E-state index contributed by atoms with van der Waals surface area (Å²) in [7, 11) is 0. The Morgan fingerprint density at radius 2 is 2.15 bits per heavy atom. The van der Waals surface area contributed by atoms with Crippen LogP contribution in [0.5, 0.6) is 0 Å². The average Bonchev–Trinajstić information content (AvgIpc) is 2.94. The molecular weight excluding hydrogens is 280 g/mol. The zero-order valence-corrected chi connectivity index (χ0v) is 12.8. The fourth-order valence-corrected chi connectivity index (χ4v) is 2.15. The summed E-state index contributed by atoms with van der Waals surface area (Å²) < 4.78 is 12.1. The minimum absolute atomic E-state index is 0.133. The smallest absolute Gasteiger partial charge is 0.325 e. The van der Waals surface area contributed by atoms with Gasteiger partial charge in [0.15, 0.2) is 5.82 Å². The van der Waals surface area contributed by atoms with Gasteiger partial charge in [0.05, 0.1) is 0 Å². The molecule has 0 amide bonds. The van der Waals surface area contributed by atoms with Crippen LogP contribution in [-0.2, 0) is 11.3 Å². The topological polar surface area (TPSA) is 83.0 Å². The summed E-state index contributed by atoms with van der Waals surface area (Å²) in [5.41, 5.74) is 0. The predicted octanol–water partition coefficient (Wildman–Crippen LogP) is 1.78. The van der Waals surface area contributed by atoms with E-state index in [4.69, 9.17) is 9.26 Å². The maximum absolute atomic E-state index is 11.6. The van der Waals surface area contributed by atoms with Crippen LogP contribution in [0, 0.1) is 12.8 Å². The normalized spacial score (nSPS) is 13.1. The van der Waals surface area contributed by atoms with Crippen molar-refractivity contribution in [2.45, 2.75) is 40.3 Å². The molecule has 8 heteroatoms. The fourth-order valence-electron chi connectivity index (χ4n) is 1.55. The standard InChI is InChI=1S/C12H18N4O3S/c1-7(2)6-18-8(3)11-13-10(19-15-11)5-16-12(17)20-9(4)14-16/h7-8H,5-6H2,1-4H3. The Morgan fingerprint density at radius 3 is 2.75 bits per heavy atom. The molecule has 1 atom stereocenters. The van der Waals surface area contributed by atoms with Crippen molar-refractivity contribution in [3.8, 4) is 0 Å². The Labute approximate surface area is 120 Å². The Morgan fingerprint density at radius 1 is 1.40 bits per heavy atom. The summed E-state index contributed by atoms with van der Waals surface area (Å²) in [6.07, 6.45) is -0.233. The van der Waals surface area contributed by atoms with Crippen LogP contribution >= 0.6 is 11.3 Å². The first-order valence-corrected chi connectivity index (χ1v) is 7.26. The first-order chi connectivity index (χ1) is 9.45. The Hall–Kier alpha value is -1.54. The SMILES string of the molecule is Cc1nn(Cc2nc(C(C)OCC(C)C)no2)c(=O)s1. The molecule has 1 unspecified atom stereocenters. The summed E-state index contributed by atoms with van der Waals surface area (Å²) >= 11 is 1.09. The molecule has 0 aliphatic heterocycles. The van der Waals surface area contributed by atoms with Gasteiger partial charge in [-0.1, -0.05) is 30.3 Å². The van der Waals surface area contributed by atoms with Gasteiger partial charge in [-0.15, -0.1) is 0 Å². The zero-order valence-electron chi connectivity index (χ0n) is 12.0. The highest BCUT2D eigenvalue weighted by molar-refractivity contribution is 7.08. The lowest BCUT2D eigenvalue weighted by atomic mass is 10.2. The molecule has 0 bridgehead atoms. The van der Waals surface area contributed by atoms with Crippen LogP contribution in [0.25, 0.3) is 0 Å². The molecule has 0 spiro atoms. The highest BCUT2D eigenvalue weighted by Crippen LogP contribution is 2.14. The molecule has 20 heavy (non-hydrogen) atoms. The van der Waals surface area contributed by atoms with Crippen LogP contribution in [-0.4, -0.2) is 26.5 Å². The third-order valence-corrected chi connectivity index (χ3v) is 3.28. The van der Waals surface area contributed by atoms with Gasteiger partial charge in [-0.2, -0.15) is 10.1 Å². The molecule has 2 heterocycles. The van der Waals surface area contributed by atoms with Crippen molar-refractivity contribution < 1.29 is 9.26 Å². The molecule has 0 saturated carbocycles. The van der Waals surface area contributed by atoms with E-state index in [1.165, 1.54) is 4.68 Å². The first-order valence-electron chi connectivity index (χ1n) is 6.44. The number of hydrogen-bond donors (Lipinski definition) is 0. The number of aromatic nitrogens is 4. The third-order valence-electron chi connectivity index (χ3n) is 2.52. The molecule has 0 aromatic carbocycles. The Bertz CT molecular complexity index is 616. The average molecular weight is 298 g/mol. The third kappa shape index (κ3) is 3.73. The molecule has 7 nitrogen and oxygen atoms in total. The fraction of sp³-hybridized carbons (Fsp3) is 0.667. The Balaban J connectivity index is 2.02. The molecule has 0 saturated heterocycles. The van der Waals surface area contributed by atoms with E-state index in [0.717, 1.165) is 11.3 Å². The monoisotopic (exact) mass is 298 g/mol. The lowest BCUT2D eigenvalue weighted by Gasteiger charge is -2.10. The van der Waals surface area contributed by atoms with Gasteiger partial charge in [0, 0.05) is 6.61 Å². The molecular formula is C12H18N4O3S. The number of rotatable bonds is 6. The van der Waals surface area contributed by atoms with Gasteiger partial charge in [-0.05, 0) is 19.8 Å². The second kappa shape index (κ2) is 6.27. The van der Waals surface area contributed by atoms with Crippen LogP contribution in [0.15, 0.2) is 9.32 Å². The van der Waals surface area contributed by atoms with Gasteiger partial charge < -0.3 is 9.26 Å². The van der Waals surface area contributed by atoms with Gasteiger partial charge in [0.1, 0.15) is 17.7 Å². The molecule has 0 radical (unpaired) electrons. The van der Waals surface area contributed by atoms with Gasteiger partial charge in [0.2, 0.25) is 5.89 Å². The van der Waals surface area contributed by atoms with Crippen molar-refractivity contribution >= 4 is 11.3 Å². The van der Waals surface area contributed by atoms with Crippen molar-refractivity contribution in [1.82, 2.24) is 19.9 Å². The molecule has 2 aromatic rings. The van der Waals surface area contributed by atoms with Crippen molar-refractivity contribution in [3.05, 3.63) is 26.4 Å². The van der Waals surface area contributed by atoms with E-state index in [9.17, 15) is 4.79 Å². The molecule has 2 rings (SSSR count). The molecule has 110 valence electrons. The lowest BCUT2D eigenvalue weighted by Crippen LogP contribution is -2.15. The van der Waals surface area contributed by atoms with Crippen LogP contribution in [0.2, 0.25) is 0 Å². The number of nitrogens with zero attached hydrogens (tertiary/aromatic N) is 4. The Kier molecular flexibility index (Phi) is 4.66. The minimum Gasteiger partial charge on any atom is -0.370 e. The van der Waals surface area contributed by atoms with E-state index in [2.05, 4.69) is 29.1 Å². The molecule has 0 fully saturated rings. The maximum Gasteiger partial charge on any atom is 0.325 e. The highest BCUT2D eigenvalue weighted by atomic mass is 32.1. The predicted molar refractivity (Wildman–Crippen MR) is 73.7 cm³/mol. The summed E-state index contributed by atoms with van der Waals surface area (Å²) in [6, 6.07) is 0. The van der Waals surface area contributed by atoms with E-state index in [0.29, 0.717) is 29.2 Å². The van der Waals surface area contributed by atoms with Gasteiger partial charge in [-0.25, -0.2) is 4.68 Å². The van der Waals surface area contributed by atoms with Crippen LogP contribution in [0.4, 0.5) is 0 Å². The summed E-state index contributed by atoms with van der Waals surface area (Å²) in [4.78, 5) is 15.7. The summed E-state index contributed by atoms with van der Waals surface area (Å²) in [6.45, 7) is 8.62. The molecule has 0 aliphatic carbocycles. The van der Waals surface area contributed by atoms with E-state index in [1.54, 1.807) is 6.92 Å². The first kappa shape index (κ1) is 14.9. The van der Waals surface area contributed by atoms with Crippen molar-refractivity contribution in [2.24, 2.45) is 5.92 Å². The largest absolute Gasteiger partial charge is 0.370 e. The summed E-state index contributed by atoms with van der Waals surface area (Å²) in [5.74, 6) is 1.29. The van der Waals surface area contributed by atoms with E-state index in [-0.39, 0.29) is 17.5 Å². The lowest BCUT2D eigenvalue weighted by molar-refractivity contribution is 0.0402. The van der Waals surface area contributed by atoms with Crippen molar-refractivity contribution in [2.75, 3.05) is 6.61 Å². The highest BCUT2D eigenvalue weighted by Gasteiger charge is 2.16. The van der Waals surface area contributed by atoms with Gasteiger partial charge >= 0.3 is 4.87 Å². The molecule has 0 aliphatic rings. The zero-order chi connectivity index (χ0) is 14.7. The van der Waals surface area contributed by atoms with Crippen LogP contribution in [0.3, 0.4) is 0 Å². The molecule has 0 N–H and O–H groups in total. The minimum atomic E-state index is -0.233. The summed E-state index contributed by atoms with van der Waals surface area (Å²) in [5, 5.41) is 8.67. The number of hydrogen-bond acceptors (Lipinski definition) is 7. The van der Waals surface area contributed by atoms with Crippen molar-refractivity contribution in [1.29, 1.82) is 0 Å². The number of aryl methyl sites for hydroxylation is 1. The van der Waals surface area contributed by atoms with Gasteiger partial charge in [0.25, 0.3) is 0 Å². The second-order valence-corrected chi connectivity index (χ2v) is 6.10. The van der Waals surface area contributed by atoms with Crippen molar-refractivity contribution in [3.63, 3.8) is 0 Å². The van der Waals surface area contributed by atoms with Crippen LogP contribution in [0.1, 0.15) is 43.6 Å². The number of ether oxygens (including phenoxy) is 1. The van der Waals surface area contributed by atoms with E-state index >= 15 is 0 Å². The van der Waals surface area contributed by atoms with E-state index < -0.39 is 0 Å². The van der Waals surface area contributed by atoms with Gasteiger partial charge in [-0.3, -0.25) is 4.79 Å². The van der Waals surface area contributed by atoms with Crippen LogP contribution < -0.4 is 4.87 Å². The quantitative estimate of drug-likeness (QED) is 0.808. The second-order valence-electron chi connectivity index (χ2n) is 4.96. The molecule has 2 aromatic heterocycles.